The first-order valence-electron chi connectivity index (χ1n) is 6.18. The standard InChI is InChI=1S/C15H16BrNO3/c16-11-4-6-14(7-5-11)19-9-13(18)10-20-15-3-1-2-12(17)8-15/h1-8,13,18H,9-10,17H2. The van der Waals surface area contributed by atoms with E-state index in [0.717, 1.165) is 4.47 Å². The Morgan fingerprint density at radius 2 is 1.65 bits per heavy atom. The van der Waals surface area contributed by atoms with E-state index in [-0.39, 0.29) is 13.2 Å². The number of nitrogens with two attached hydrogens (primary N) is 1. The number of halogens is 1. The molecule has 0 aliphatic carbocycles. The Balaban J connectivity index is 1.75. The van der Waals surface area contributed by atoms with E-state index in [1.165, 1.54) is 0 Å². The fourth-order valence-corrected chi connectivity index (χ4v) is 1.83. The van der Waals surface area contributed by atoms with Crippen LogP contribution < -0.4 is 15.2 Å². The normalized spacial score (nSPS) is 11.9. The molecule has 0 radical (unpaired) electrons. The Morgan fingerprint density at radius 1 is 1.00 bits per heavy atom. The SMILES string of the molecule is Nc1cccc(OCC(O)COc2ccc(Br)cc2)c1. The molecule has 0 aromatic heterocycles. The van der Waals surface area contributed by atoms with Gasteiger partial charge in [0.2, 0.25) is 0 Å². The summed E-state index contributed by atoms with van der Waals surface area (Å²) in [6.07, 6.45) is -0.708. The van der Waals surface area contributed by atoms with E-state index < -0.39 is 6.10 Å². The summed E-state index contributed by atoms with van der Waals surface area (Å²) in [6, 6.07) is 14.5. The van der Waals surface area contributed by atoms with Crippen molar-refractivity contribution < 1.29 is 14.6 Å². The second-order valence-electron chi connectivity index (χ2n) is 4.30. The lowest BCUT2D eigenvalue weighted by Gasteiger charge is -2.13. The molecule has 0 bridgehead atoms. The quantitative estimate of drug-likeness (QED) is 0.795. The van der Waals surface area contributed by atoms with Crippen LogP contribution in [0.4, 0.5) is 5.69 Å². The Hall–Kier alpha value is -1.72. The van der Waals surface area contributed by atoms with Gasteiger partial charge in [-0.3, -0.25) is 0 Å². The van der Waals surface area contributed by atoms with Gasteiger partial charge in [-0.05, 0) is 36.4 Å². The van der Waals surface area contributed by atoms with Crippen LogP contribution in [-0.2, 0) is 0 Å². The molecule has 4 nitrogen and oxygen atoms in total. The number of ether oxygens (including phenoxy) is 2. The molecule has 0 fully saturated rings. The average molecular weight is 338 g/mol. The summed E-state index contributed by atoms with van der Waals surface area (Å²) in [6.45, 7) is 0.323. The Kier molecular flexibility index (Phi) is 5.26. The lowest BCUT2D eigenvalue weighted by molar-refractivity contribution is 0.0626. The third-order valence-corrected chi connectivity index (χ3v) is 3.09. The highest BCUT2D eigenvalue weighted by Gasteiger charge is 2.07. The van der Waals surface area contributed by atoms with E-state index in [2.05, 4.69) is 15.9 Å². The number of hydrogen-bond acceptors (Lipinski definition) is 4. The van der Waals surface area contributed by atoms with Crippen LogP contribution in [0.15, 0.2) is 53.0 Å². The Morgan fingerprint density at radius 3 is 2.30 bits per heavy atom. The molecule has 2 aromatic carbocycles. The molecule has 3 N–H and O–H groups in total. The van der Waals surface area contributed by atoms with E-state index in [1.807, 2.05) is 24.3 Å². The third-order valence-electron chi connectivity index (χ3n) is 2.56. The van der Waals surface area contributed by atoms with Crippen molar-refractivity contribution >= 4 is 21.6 Å². The predicted molar refractivity (Wildman–Crippen MR) is 82.0 cm³/mol. The number of anilines is 1. The molecule has 0 spiro atoms. The number of rotatable bonds is 6. The van der Waals surface area contributed by atoms with Gasteiger partial charge in [-0.25, -0.2) is 0 Å². The molecule has 0 saturated carbocycles. The van der Waals surface area contributed by atoms with Crippen molar-refractivity contribution in [1.29, 1.82) is 0 Å². The summed E-state index contributed by atoms with van der Waals surface area (Å²) in [7, 11) is 0. The molecule has 2 rings (SSSR count). The fraction of sp³-hybridized carbons (Fsp3) is 0.200. The zero-order valence-corrected chi connectivity index (χ0v) is 12.4. The minimum Gasteiger partial charge on any atom is -0.491 e. The van der Waals surface area contributed by atoms with Crippen LogP contribution in [0.5, 0.6) is 11.5 Å². The van der Waals surface area contributed by atoms with E-state index >= 15 is 0 Å². The summed E-state index contributed by atoms with van der Waals surface area (Å²) >= 11 is 3.35. The minimum atomic E-state index is -0.708. The van der Waals surface area contributed by atoms with Crippen LogP contribution >= 0.6 is 15.9 Å². The summed E-state index contributed by atoms with van der Waals surface area (Å²) in [4.78, 5) is 0. The van der Waals surface area contributed by atoms with Crippen LogP contribution in [-0.4, -0.2) is 24.4 Å². The number of benzene rings is 2. The molecule has 0 amide bonds. The van der Waals surface area contributed by atoms with Crippen molar-refractivity contribution in [2.24, 2.45) is 0 Å². The van der Waals surface area contributed by atoms with Crippen molar-refractivity contribution in [3.8, 4) is 11.5 Å². The van der Waals surface area contributed by atoms with Crippen molar-refractivity contribution in [3.05, 3.63) is 53.0 Å². The highest BCUT2D eigenvalue weighted by atomic mass is 79.9. The number of nitrogen functional groups attached to an aromatic ring is 1. The van der Waals surface area contributed by atoms with E-state index in [0.29, 0.717) is 17.2 Å². The van der Waals surface area contributed by atoms with Gasteiger partial charge in [0, 0.05) is 16.2 Å². The zero-order valence-electron chi connectivity index (χ0n) is 10.8. The van der Waals surface area contributed by atoms with Crippen molar-refractivity contribution in [2.45, 2.75) is 6.10 Å². The second-order valence-corrected chi connectivity index (χ2v) is 5.22. The van der Waals surface area contributed by atoms with Gasteiger partial charge in [-0.15, -0.1) is 0 Å². The monoisotopic (exact) mass is 337 g/mol. The summed E-state index contributed by atoms with van der Waals surface area (Å²) in [5.74, 6) is 1.34. The van der Waals surface area contributed by atoms with Crippen LogP contribution in [0.25, 0.3) is 0 Å². The Labute approximate surface area is 126 Å². The minimum absolute atomic E-state index is 0.153. The van der Waals surface area contributed by atoms with Gasteiger partial charge >= 0.3 is 0 Å². The third kappa shape index (κ3) is 4.75. The molecule has 106 valence electrons. The lowest BCUT2D eigenvalue weighted by atomic mass is 10.3. The number of aliphatic hydroxyl groups is 1. The van der Waals surface area contributed by atoms with Gasteiger partial charge in [-0.2, -0.15) is 0 Å². The van der Waals surface area contributed by atoms with Gasteiger partial charge in [0.05, 0.1) is 0 Å². The maximum Gasteiger partial charge on any atom is 0.122 e. The van der Waals surface area contributed by atoms with Gasteiger partial charge in [0.15, 0.2) is 0 Å². The largest absolute Gasteiger partial charge is 0.491 e. The van der Waals surface area contributed by atoms with Crippen LogP contribution in [0.1, 0.15) is 0 Å². The van der Waals surface area contributed by atoms with Crippen LogP contribution in [0.3, 0.4) is 0 Å². The van der Waals surface area contributed by atoms with Gasteiger partial charge in [-0.1, -0.05) is 22.0 Å². The molecule has 5 heteroatoms. The first-order chi connectivity index (χ1) is 9.63. The van der Waals surface area contributed by atoms with E-state index in [4.69, 9.17) is 15.2 Å². The Bertz CT molecular complexity index is 545. The summed E-state index contributed by atoms with van der Waals surface area (Å²) < 4.78 is 11.9. The maximum absolute atomic E-state index is 9.81. The van der Waals surface area contributed by atoms with E-state index in [9.17, 15) is 5.11 Å². The summed E-state index contributed by atoms with van der Waals surface area (Å²) in [5.41, 5.74) is 6.27. The molecule has 0 aliphatic rings. The van der Waals surface area contributed by atoms with Gasteiger partial charge in [0.1, 0.15) is 30.8 Å². The molecule has 1 atom stereocenters. The molecule has 20 heavy (non-hydrogen) atoms. The number of aliphatic hydroxyl groups excluding tert-OH is 1. The fourth-order valence-electron chi connectivity index (χ4n) is 1.57. The topological polar surface area (TPSA) is 64.7 Å². The van der Waals surface area contributed by atoms with Gasteiger partial charge < -0.3 is 20.3 Å². The highest BCUT2D eigenvalue weighted by molar-refractivity contribution is 9.10. The molecule has 0 heterocycles. The average Bonchev–Trinajstić information content (AvgIpc) is 2.45. The van der Waals surface area contributed by atoms with E-state index in [1.54, 1.807) is 24.3 Å². The zero-order chi connectivity index (χ0) is 14.4. The smallest absolute Gasteiger partial charge is 0.122 e. The van der Waals surface area contributed by atoms with Crippen molar-refractivity contribution in [2.75, 3.05) is 18.9 Å². The second kappa shape index (κ2) is 7.17. The lowest BCUT2D eigenvalue weighted by Crippen LogP contribution is -2.25. The molecular formula is C15H16BrNO3. The molecular weight excluding hydrogens is 322 g/mol. The molecule has 2 aromatic rings. The number of hydrogen-bond donors (Lipinski definition) is 2. The molecule has 1 unspecified atom stereocenters. The molecule has 0 aliphatic heterocycles. The van der Waals surface area contributed by atoms with Crippen LogP contribution in [0.2, 0.25) is 0 Å². The summed E-state index contributed by atoms with van der Waals surface area (Å²) in [5, 5.41) is 9.81. The van der Waals surface area contributed by atoms with Crippen molar-refractivity contribution in [3.63, 3.8) is 0 Å². The highest BCUT2D eigenvalue weighted by Crippen LogP contribution is 2.17. The maximum atomic E-state index is 9.81. The van der Waals surface area contributed by atoms with Crippen LogP contribution in [0, 0.1) is 0 Å². The predicted octanol–water partition coefficient (Wildman–Crippen LogP) is 2.85. The van der Waals surface area contributed by atoms with Gasteiger partial charge in [0.25, 0.3) is 0 Å². The van der Waals surface area contributed by atoms with Crippen molar-refractivity contribution in [1.82, 2.24) is 0 Å². The molecule has 0 saturated heterocycles. The first kappa shape index (κ1) is 14.7. The first-order valence-corrected chi connectivity index (χ1v) is 6.97.